The summed E-state index contributed by atoms with van der Waals surface area (Å²) in [6, 6.07) is 0. The minimum Gasteiger partial charge on any atom is -0.547 e. The van der Waals surface area contributed by atoms with Gasteiger partial charge >= 0.3 is 0 Å². The van der Waals surface area contributed by atoms with Crippen LogP contribution in [0, 0.1) is 40.9 Å². The van der Waals surface area contributed by atoms with E-state index in [1.165, 1.54) is 37.9 Å². The largest absolute Gasteiger partial charge is 0.547 e. The molecular formula is C24H44O2Si2. The highest BCUT2D eigenvalue weighted by molar-refractivity contribution is 6.70. The molecule has 0 heterocycles. The molecule has 0 bridgehead atoms. The Balaban J connectivity index is 1.80. The van der Waals surface area contributed by atoms with Crippen molar-refractivity contribution in [3.63, 3.8) is 0 Å². The molecule has 0 unspecified atom stereocenters. The summed E-state index contributed by atoms with van der Waals surface area (Å²) in [4.78, 5) is 0. The Morgan fingerprint density at radius 1 is 0.929 bits per heavy atom. The molecule has 28 heavy (non-hydrogen) atoms. The summed E-state index contributed by atoms with van der Waals surface area (Å²) in [5.74, 6) is 5.68. The first-order chi connectivity index (χ1) is 12.8. The summed E-state index contributed by atoms with van der Waals surface area (Å²) in [5.41, 5.74) is 0.567. The number of hydrogen-bond acceptors (Lipinski definition) is 2. The van der Waals surface area contributed by atoms with Crippen molar-refractivity contribution in [2.75, 3.05) is 0 Å². The first-order valence-electron chi connectivity index (χ1n) is 11.9. The molecule has 0 aromatic rings. The van der Waals surface area contributed by atoms with Gasteiger partial charge in [-0.05, 0) is 106 Å². The van der Waals surface area contributed by atoms with Crippen LogP contribution in [0.15, 0.2) is 11.8 Å². The average Bonchev–Trinajstić information content (AvgIpc) is 2.91. The third kappa shape index (κ3) is 3.30. The smallest absolute Gasteiger partial charge is 0.241 e. The summed E-state index contributed by atoms with van der Waals surface area (Å²) in [6.45, 7) is 21.9. The van der Waals surface area contributed by atoms with Gasteiger partial charge < -0.3 is 8.85 Å². The fourth-order valence-electron chi connectivity index (χ4n) is 7.71. The molecule has 3 saturated carbocycles. The van der Waals surface area contributed by atoms with E-state index < -0.39 is 16.6 Å². The second kappa shape index (κ2) is 6.46. The monoisotopic (exact) mass is 420 g/mol. The highest BCUT2D eigenvalue weighted by atomic mass is 28.4. The van der Waals surface area contributed by atoms with Crippen molar-refractivity contribution >= 4 is 16.6 Å². The van der Waals surface area contributed by atoms with Gasteiger partial charge in [-0.15, -0.1) is 0 Å². The summed E-state index contributed by atoms with van der Waals surface area (Å²) in [5, 5.41) is 0. The molecule has 7 atom stereocenters. The van der Waals surface area contributed by atoms with Gasteiger partial charge in [0.1, 0.15) is 0 Å². The van der Waals surface area contributed by atoms with Crippen LogP contribution in [0.2, 0.25) is 39.3 Å². The van der Waals surface area contributed by atoms with Crippen molar-refractivity contribution in [2.24, 2.45) is 40.9 Å². The lowest BCUT2D eigenvalue weighted by molar-refractivity contribution is -0.126. The molecular weight excluding hydrogens is 376 g/mol. The predicted octanol–water partition coefficient (Wildman–Crippen LogP) is 7.06. The van der Waals surface area contributed by atoms with E-state index in [9.17, 15) is 0 Å². The molecule has 0 aliphatic heterocycles. The van der Waals surface area contributed by atoms with Crippen LogP contribution in [0.4, 0.5) is 0 Å². The quantitative estimate of drug-likeness (QED) is 0.453. The van der Waals surface area contributed by atoms with Crippen molar-refractivity contribution in [3.05, 3.63) is 11.8 Å². The molecule has 3 fully saturated rings. The summed E-state index contributed by atoms with van der Waals surface area (Å²) >= 11 is 0. The van der Waals surface area contributed by atoms with Gasteiger partial charge in [-0.3, -0.25) is 0 Å². The van der Waals surface area contributed by atoms with Gasteiger partial charge in [0.05, 0.1) is 11.4 Å². The van der Waals surface area contributed by atoms with Crippen LogP contribution in [-0.2, 0) is 8.85 Å². The Bertz CT molecular complexity index is 656. The molecule has 0 aromatic carbocycles. The first-order valence-corrected chi connectivity index (χ1v) is 18.7. The van der Waals surface area contributed by atoms with Gasteiger partial charge in [0.2, 0.25) is 8.32 Å². The van der Waals surface area contributed by atoms with E-state index in [0.717, 1.165) is 11.8 Å². The maximum Gasteiger partial charge on any atom is 0.241 e. The summed E-state index contributed by atoms with van der Waals surface area (Å²) in [7, 11) is -3.27. The van der Waals surface area contributed by atoms with Crippen LogP contribution in [-0.4, -0.2) is 22.2 Å². The van der Waals surface area contributed by atoms with E-state index in [1.54, 1.807) is 0 Å². The standard InChI is InChI=1S/C24H44O2Si2/c1-16-15-20-22(23(20,2)3)19-13-14-21(25-27(4,5)6)17-11-10-12-18(17)24(16,19)26-28(7,8)9/h14,16-20,22H,10-13,15H2,1-9H3/t16-,17-,18-,19+,20+,22+,24+/m1/s1. The van der Waals surface area contributed by atoms with Crippen molar-refractivity contribution < 1.29 is 8.85 Å². The number of fused-ring (bicyclic) bond motifs is 5. The normalized spacial score (nSPS) is 44.7. The minimum atomic E-state index is -1.67. The van der Waals surface area contributed by atoms with Gasteiger partial charge in [0.15, 0.2) is 8.32 Å². The van der Waals surface area contributed by atoms with E-state index in [-0.39, 0.29) is 5.60 Å². The fourth-order valence-corrected chi connectivity index (χ4v) is 10.2. The highest BCUT2D eigenvalue weighted by Gasteiger charge is 2.72. The molecule has 4 aliphatic rings. The van der Waals surface area contributed by atoms with Crippen LogP contribution >= 0.6 is 0 Å². The van der Waals surface area contributed by atoms with Crippen LogP contribution in [0.25, 0.3) is 0 Å². The second-order valence-electron chi connectivity index (χ2n) is 13.0. The summed E-state index contributed by atoms with van der Waals surface area (Å²) in [6.07, 6.45) is 9.06. The Labute approximate surface area is 176 Å². The van der Waals surface area contributed by atoms with Gasteiger partial charge in [-0.25, -0.2) is 0 Å². The molecule has 4 aliphatic carbocycles. The van der Waals surface area contributed by atoms with Crippen molar-refractivity contribution in [1.29, 1.82) is 0 Å². The SMILES string of the molecule is C[C@@H]1C[C@H]2[C@H]([C@@H]3CC=C(O[Si](C)(C)C)[C@@H]4CCC[C@H]4[C@@]13O[Si](C)(C)C)C2(C)C. The molecule has 0 amide bonds. The lowest BCUT2D eigenvalue weighted by Crippen LogP contribution is -2.60. The van der Waals surface area contributed by atoms with Crippen molar-refractivity contribution in [2.45, 2.75) is 97.8 Å². The summed E-state index contributed by atoms with van der Waals surface area (Å²) < 4.78 is 14.2. The third-order valence-electron chi connectivity index (χ3n) is 8.47. The molecule has 2 nitrogen and oxygen atoms in total. The van der Waals surface area contributed by atoms with E-state index in [4.69, 9.17) is 8.85 Å². The zero-order chi connectivity index (χ0) is 20.7. The molecule has 0 radical (unpaired) electrons. The van der Waals surface area contributed by atoms with Gasteiger partial charge in [0.25, 0.3) is 0 Å². The van der Waals surface area contributed by atoms with Crippen LogP contribution in [0.5, 0.6) is 0 Å². The number of allylic oxidation sites excluding steroid dienone is 2. The Morgan fingerprint density at radius 3 is 2.21 bits per heavy atom. The Hall–Kier alpha value is -0.0662. The van der Waals surface area contributed by atoms with Crippen LogP contribution < -0.4 is 0 Å². The third-order valence-corrected chi connectivity index (χ3v) is 10.3. The van der Waals surface area contributed by atoms with Crippen molar-refractivity contribution in [1.82, 2.24) is 0 Å². The average molecular weight is 421 g/mol. The lowest BCUT2D eigenvalue weighted by atomic mass is 9.61. The molecule has 160 valence electrons. The molecule has 4 rings (SSSR count). The molecule has 4 heteroatoms. The second-order valence-corrected chi connectivity index (χ2v) is 21.8. The fraction of sp³-hybridized carbons (Fsp3) is 0.917. The number of rotatable bonds is 4. The molecule has 0 aromatic heterocycles. The van der Waals surface area contributed by atoms with Gasteiger partial charge in [0, 0.05) is 5.92 Å². The highest BCUT2D eigenvalue weighted by Crippen LogP contribution is 2.74. The van der Waals surface area contributed by atoms with Crippen LogP contribution in [0.3, 0.4) is 0 Å². The maximum atomic E-state index is 7.41. The molecule has 0 N–H and O–H groups in total. The van der Waals surface area contributed by atoms with E-state index in [1.807, 2.05) is 0 Å². The zero-order valence-corrected chi connectivity index (χ0v) is 21.9. The topological polar surface area (TPSA) is 18.5 Å². The maximum absolute atomic E-state index is 7.41. The lowest BCUT2D eigenvalue weighted by Gasteiger charge is -2.55. The molecule has 0 spiro atoms. The minimum absolute atomic E-state index is 0.0711. The van der Waals surface area contributed by atoms with E-state index in [2.05, 4.69) is 66.1 Å². The Kier molecular flexibility index (Phi) is 4.89. The molecule has 0 saturated heterocycles. The van der Waals surface area contributed by atoms with Gasteiger partial charge in [-0.2, -0.15) is 0 Å². The van der Waals surface area contributed by atoms with Crippen LogP contribution in [0.1, 0.15) is 52.9 Å². The first kappa shape index (κ1) is 21.2. The Morgan fingerprint density at radius 2 is 1.61 bits per heavy atom. The zero-order valence-electron chi connectivity index (χ0n) is 19.9. The van der Waals surface area contributed by atoms with E-state index in [0.29, 0.717) is 29.1 Å². The van der Waals surface area contributed by atoms with Gasteiger partial charge in [-0.1, -0.05) is 27.2 Å². The van der Waals surface area contributed by atoms with E-state index >= 15 is 0 Å². The van der Waals surface area contributed by atoms with Crippen molar-refractivity contribution in [3.8, 4) is 0 Å². The predicted molar refractivity (Wildman–Crippen MR) is 123 cm³/mol. The number of hydrogen-bond donors (Lipinski definition) is 0.